The lowest BCUT2D eigenvalue weighted by molar-refractivity contribution is -0.136. The van der Waals surface area contributed by atoms with Gasteiger partial charge in [0.1, 0.15) is 22.8 Å². The highest BCUT2D eigenvalue weighted by molar-refractivity contribution is 6.33. The van der Waals surface area contributed by atoms with Crippen molar-refractivity contribution in [2.75, 3.05) is 0 Å². The molecule has 4 aromatic carbocycles. The number of carbonyl (C=O) groups excluding carboxylic acids is 2. The summed E-state index contributed by atoms with van der Waals surface area (Å²) in [6, 6.07) is 17.9. The van der Waals surface area contributed by atoms with Crippen molar-refractivity contribution < 1.29 is 28.6 Å². The van der Waals surface area contributed by atoms with Crippen molar-refractivity contribution in [1.29, 1.82) is 0 Å². The van der Waals surface area contributed by atoms with Crippen molar-refractivity contribution in [2.45, 2.75) is 51.0 Å². The fourth-order valence-corrected chi connectivity index (χ4v) is 5.84. The molecule has 0 saturated heterocycles. The minimum absolute atomic E-state index is 0.0274. The molecule has 0 unspecified atom stereocenters. The van der Waals surface area contributed by atoms with Crippen LogP contribution in [0.2, 0.25) is 10.0 Å². The lowest BCUT2D eigenvalue weighted by Gasteiger charge is -2.22. The maximum absolute atomic E-state index is 13.3. The Balaban J connectivity index is 0.000000201. The van der Waals surface area contributed by atoms with Gasteiger partial charge in [0, 0.05) is 39.9 Å². The van der Waals surface area contributed by atoms with Gasteiger partial charge in [0.15, 0.2) is 11.6 Å². The number of aliphatic hydroxyl groups is 2. The number of benzene rings is 4. The molecule has 0 aliphatic carbocycles. The molecule has 0 bridgehead atoms. The SMILES string of the molecule is [C-]#[N+]c1ccc(CC(=O)[C@@](C)(O)Cn2cc3cc(F)ccc3n2)cc1Cl.[C-]#[N+]c1ccc(CC(=O)[C@@](C)(O)Cn2ncc3cc(F)ccc32)cc1Cl. The lowest BCUT2D eigenvalue weighted by Crippen LogP contribution is -2.41. The Labute approximate surface area is 307 Å². The van der Waals surface area contributed by atoms with Crippen LogP contribution >= 0.6 is 23.2 Å². The first-order valence-corrected chi connectivity index (χ1v) is 16.4. The Morgan fingerprint density at radius 1 is 0.769 bits per heavy atom. The summed E-state index contributed by atoms with van der Waals surface area (Å²) in [5.74, 6) is -1.57. The summed E-state index contributed by atoms with van der Waals surface area (Å²) < 4.78 is 29.4. The highest BCUT2D eigenvalue weighted by Crippen LogP contribution is 2.28. The van der Waals surface area contributed by atoms with Crippen molar-refractivity contribution in [3.8, 4) is 0 Å². The predicted molar refractivity (Wildman–Crippen MR) is 193 cm³/mol. The molecule has 6 rings (SSSR count). The van der Waals surface area contributed by atoms with Crippen molar-refractivity contribution in [3.05, 3.63) is 141 Å². The second kappa shape index (κ2) is 15.4. The molecule has 0 spiro atoms. The summed E-state index contributed by atoms with van der Waals surface area (Å²) in [7, 11) is 0. The van der Waals surface area contributed by atoms with E-state index in [2.05, 4.69) is 19.9 Å². The highest BCUT2D eigenvalue weighted by Gasteiger charge is 2.32. The fraction of sp³-hybridized carbons (Fsp3) is 0.211. The van der Waals surface area contributed by atoms with Crippen LogP contribution in [0.15, 0.2) is 85.2 Å². The zero-order valence-electron chi connectivity index (χ0n) is 27.8. The molecule has 0 aliphatic rings. The van der Waals surface area contributed by atoms with Crippen LogP contribution in [0.3, 0.4) is 0 Å². The zero-order valence-corrected chi connectivity index (χ0v) is 29.3. The number of aromatic nitrogens is 4. The van der Waals surface area contributed by atoms with Gasteiger partial charge in [-0.2, -0.15) is 10.2 Å². The molecule has 2 aromatic heterocycles. The van der Waals surface area contributed by atoms with Gasteiger partial charge in [-0.05, 0) is 61.4 Å². The van der Waals surface area contributed by atoms with Gasteiger partial charge >= 0.3 is 0 Å². The predicted octanol–water partition coefficient (Wildman–Crippen LogP) is 7.88. The smallest absolute Gasteiger partial charge is 0.205 e. The molecule has 10 nitrogen and oxygen atoms in total. The van der Waals surface area contributed by atoms with Crippen LogP contribution in [0, 0.1) is 24.8 Å². The third-order valence-electron chi connectivity index (χ3n) is 8.24. The van der Waals surface area contributed by atoms with E-state index in [1.54, 1.807) is 54.7 Å². The van der Waals surface area contributed by atoms with Crippen molar-refractivity contribution in [3.63, 3.8) is 0 Å². The molecule has 0 aliphatic heterocycles. The number of hydrogen-bond acceptors (Lipinski definition) is 6. The second-order valence-corrected chi connectivity index (χ2v) is 13.4. The lowest BCUT2D eigenvalue weighted by atomic mass is 9.95. The molecular weight excluding hydrogens is 713 g/mol. The highest BCUT2D eigenvalue weighted by atomic mass is 35.5. The first kappa shape index (κ1) is 37.7. The molecule has 2 atom stereocenters. The van der Waals surface area contributed by atoms with Crippen LogP contribution in [0.1, 0.15) is 25.0 Å². The number of carbonyl (C=O) groups is 2. The van der Waals surface area contributed by atoms with E-state index in [4.69, 9.17) is 36.3 Å². The number of hydrogen-bond donors (Lipinski definition) is 2. The Kier molecular flexibility index (Phi) is 11.2. The Bertz CT molecular complexity index is 2400. The minimum atomic E-state index is -1.67. The van der Waals surface area contributed by atoms with E-state index in [0.29, 0.717) is 44.3 Å². The molecule has 0 amide bonds. The standard InChI is InChI=1S/2C19H15ClFN3O2/c1-19(26,11-24-10-13-9-14(21)4-6-16(13)23-24)18(25)8-12-3-5-17(22-2)15(20)7-12;1-19(26,11-24-17-6-4-14(21)9-13(17)10-23-24)18(25)8-12-3-5-16(22-2)15(20)7-12/h2*3-7,9-10,26H,8,11H2,1H3/t2*19-/m00/s1. The molecule has 0 saturated carbocycles. The average Bonchev–Trinajstić information content (AvgIpc) is 3.66. The van der Waals surface area contributed by atoms with Crippen LogP contribution in [0.25, 0.3) is 31.5 Å². The molecule has 14 heteroatoms. The normalized spacial score (nSPS) is 13.3. The van der Waals surface area contributed by atoms with E-state index < -0.39 is 22.8 Å². The van der Waals surface area contributed by atoms with E-state index in [1.165, 1.54) is 53.7 Å². The zero-order chi connectivity index (χ0) is 37.8. The van der Waals surface area contributed by atoms with Gasteiger partial charge in [0.05, 0.1) is 43.5 Å². The topological polar surface area (TPSA) is 119 Å². The van der Waals surface area contributed by atoms with Crippen LogP contribution in [-0.4, -0.2) is 52.5 Å². The van der Waals surface area contributed by atoms with Gasteiger partial charge in [-0.15, -0.1) is 0 Å². The van der Waals surface area contributed by atoms with Crippen molar-refractivity contribution in [2.24, 2.45) is 0 Å². The summed E-state index contributed by atoms with van der Waals surface area (Å²) in [6.45, 7) is 16.7. The number of Topliss-reactive ketones (excluding diaryl/α,β-unsaturated/α-hetero) is 2. The van der Waals surface area contributed by atoms with E-state index in [9.17, 15) is 28.6 Å². The van der Waals surface area contributed by atoms with Gasteiger partial charge in [-0.25, -0.2) is 18.5 Å². The summed E-state index contributed by atoms with van der Waals surface area (Å²) >= 11 is 12.0. The van der Waals surface area contributed by atoms with Gasteiger partial charge in [0.25, 0.3) is 0 Å². The monoisotopic (exact) mass is 742 g/mol. The first-order chi connectivity index (χ1) is 24.6. The largest absolute Gasteiger partial charge is 0.380 e. The number of nitrogens with zero attached hydrogens (tertiary/aromatic N) is 6. The average molecular weight is 744 g/mol. The van der Waals surface area contributed by atoms with Crippen LogP contribution < -0.4 is 0 Å². The number of fused-ring (bicyclic) bond motifs is 2. The molecule has 2 N–H and O–H groups in total. The van der Waals surface area contributed by atoms with Crippen molar-refractivity contribution in [1.82, 2.24) is 19.6 Å². The molecule has 0 radical (unpaired) electrons. The number of rotatable bonds is 10. The minimum Gasteiger partial charge on any atom is -0.380 e. The van der Waals surface area contributed by atoms with Crippen LogP contribution in [-0.2, 0) is 35.5 Å². The number of halogens is 4. The first-order valence-electron chi connectivity index (χ1n) is 15.7. The maximum Gasteiger partial charge on any atom is 0.205 e. The molecule has 2 heterocycles. The molecule has 6 aromatic rings. The maximum atomic E-state index is 13.3. The third-order valence-corrected chi connectivity index (χ3v) is 8.85. The summed E-state index contributed by atoms with van der Waals surface area (Å²) in [6.07, 6.45) is 3.02. The molecular formula is C38H30Cl2F2N6O4. The van der Waals surface area contributed by atoms with E-state index >= 15 is 0 Å². The second-order valence-electron chi connectivity index (χ2n) is 12.6. The summed E-state index contributed by atoms with van der Waals surface area (Å²) in [4.78, 5) is 31.6. The van der Waals surface area contributed by atoms with Gasteiger partial charge in [-0.3, -0.25) is 19.0 Å². The van der Waals surface area contributed by atoms with Gasteiger partial charge in [-0.1, -0.05) is 59.6 Å². The van der Waals surface area contributed by atoms with Crippen LogP contribution in [0.4, 0.5) is 20.2 Å². The third kappa shape index (κ3) is 8.86. The van der Waals surface area contributed by atoms with E-state index in [1.807, 2.05) is 0 Å². The van der Waals surface area contributed by atoms with E-state index in [0.717, 1.165) is 0 Å². The molecule has 52 heavy (non-hydrogen) atoms. The van der Waals surface area contributed by atoms with E-state index in [-0.39, 0.29) is 47.6 Å². The Morgan fingerprint density at radius 3 is 1.83 bits per heavy atom. The summed E-state index contributed by atoms with van der Waals surface area (Å²) in [5.41, 5.74) is -0.278. The van der Waals surface area contributed by atoms with Crippen LogP contribution in [0.5, 0.6) is 0 Å². The van der Waals surface area contributed by atoms with Gasteiger partial charge in [0.2, 0.25) is 11.4 Å². The van der Waals surface area contributed by atoms with Gasteiger partial charge < -0.3 is 10.2 Å². The fourth-order valence-electron chi connectivity index (χ4n) is 5.35. The molecule has 264 valence electrons. The van der Waals surface area contributed by atoms with Crippen molar-refractivity contribution >= 4 is 67.9 Å². The Hall–Kier alpha value is -5.50. The molecule has 0 fully saturated rings. The Morgan fingerprint density at radius 2 is 1.29 bits per heavy atom. The number of ketones is 2. The quantitative estimate of drug-likeness (QED) is 0.138. The summed E-state index contributed by atoms with van der Waals surface area (Å²) in [5, 5.41) is 31.3.